The number of aromatic nitrogens is 1. The second kappa shape index (κ2) is 16.9. The minimum atomic E-state index is -1.07. The summed E-state index contributed by atoms with van der Waals surface area (Å²) in [7, 11) is 3.64. The summed E-state index contributed by atoms with van der Waals surface area (Å²) in [5.74, 6) is -2.78. The molecule has 0 spiro atoms. The minimum absolute atomic E-state index is 0.0540. The summed E-state index contributed by atoms with van der Waals surface area (Å²) in [4.78, 5) is 73.3. The number of likely N-dealkylation sites (tertiary alicyclic amines) is 1. The zero-order valence-corrected chi connectivity index (χ0v) is 31.8. The van der Waals surface area contributed by atoms with Crippen molar-refractivity contribution in [1.29, 1.82) is 0 Å². The van der Waals surface area contributed by atoms with Crippen molar-refractivity contribution in [2.75, 3.05) is 20.6 Å². The molecular formula is C38H53N5O7S. The molecule has 13 heteroatoms. The van der Waals surface area contributed by atoms with Crippen LogP contribution in [0, 0.1) is 11.8 Å². The predicted octanol–water partition coefficient (Wildman–Crippen LogP) is 4.93. The molecule has 4 rings (SSSR count). The van der Waals surface area contributed by atoms with Crippen LogP contribution in [0.2, 0.25) is 0 Å². The smallest absolute Gasteiger partial charge is 0.331 e. The zero-order chi connectivity index (χ0) is 37.6. The second-order valence-corrected chi connectivity index (χ2v) is 15.6. The number of carbonyl (C=O) groups excluding carboxylic acids is 4. The molecule has 2 heterocycles. The van der Waals surface area contributed by atoms with E-state index in [2.05, 4.69) is 15.6 Å². The summed E-state index contributed by atoms with van der Waals surface area (Å²) in [5, 5.41) is 17.6. The lowest BCUT2D eigenvalue weighted by Gasteiger charge is -2.37. The van der Waals surface area contributed by atoms with Crippen LogP contribution in [-0.2, 0) is 23.9 Å². The summed E-state index contributed by atoms with van der Waals surface area (Å²) in [6, 6.07) is 8.19. The van der Waals surface area contributed by atoms with Crippen LogP contribution in [0.5, 0.6) is 0 Å². The molecule has 0 bridgehead atoms. The summed E-state index contributed by atoms with van der Waals surface area (Å²) < 4.78 is 5.76. The third-order valence-corrected chi connectivity index (χ3v) is 11.0. The first-order valence-corrected chi connectivity index (χ1v) is 18.6. The van der Waals surface area contributed by atoms with E-state index in [0.717, 1.165) is 31.4 Å². The molecule has 2 aromatic rings. The van der Waals surface area contributed by atoms with E-state index in [9.17, 15) is 29.1 Å². The number of likely N-dealkylation sites (N-methyl/N-ethyl adjacent to an activating group) is 2. The molecule has 1 aliphatic heterocycles. The highest BCUT2D eigenvalue weighted by Gasteiger charge is 2.55. The van der Waals surface area contributed by atoms with Gasteiger partial charge in [-0.05, 0) is 63.3 Å². The van der Waals surface area contributed by atoms with Crippen molar-refractivity contribution >= 4 is 41.0 Å². The molecule has 1 aliphatic carbocycles. The van der Waals surface area contributed by atoms with Gasteiger partial charge in [-0.2, -0.15) is 0 Å². The molecule has 2 fully saturated rings. The van der Waals surface area contributed by atoms with Crippen molar-refractivity contribution < 1.29 is 33.8 Å². The number of amides is 3. The Kier molecular flexibility index (Phi) is 13.2. The largest absolute Gasteiger partial charge is 0.478 e. The Morgan fingerprint density at radius 2 is 1.78 bits per heavy atom. The number of esters is 1. The molecule has 3 N–H and O–H groups in total. The molecule has 1 saturated heterocycles. The SMILES string of the molecule is CC(=O)O[C@@H](C[C@H](C(C)C)N(C)C(=O)[C@@H](NC(=O)[C@H]1CCCCN1C)C(C)C)c1nc(C(=O)NC2(/C=C(\C)C(=O)O)C[C@H]2c2ccccc2)cs1. The Bertz CT molecular complexity index is 1610. The summed E-state index contributed by atoms with van der Waals surface area (Å²) in [6.45, 7) is 11.4. The first-order chi connectivity index (χ1) is 24.0. The lowest BCUT2D eigenvalue weighted by Crippen LogP contribution is -2.57. The highest BCUT2D eigenvalue weighted by Crippen LogP contribution is 2.53. The number of aliphatic carboxylic acids is 1. The van der Waals surface area contributed by atoms with Crippen LogP contribution in [0.4, 0.5) is 0 Å². The van der Waals surface area contributed by atoms with E-state index in [1.165, 1.54) is 25.2 Å². The highest BCUT2D eigenvalue weighted by atomic mass is 32.1. The Balaban J connectivity index is 1.53. The average Bonchev–Trinajstić information content (AvgIpc) is 3.52. The van der Waals surface area contributed by atoms with E-state index >= 15 is 0 Å². The van der Waals surface area contributed by atoms with E-state index in [-0.39, 0.29) is 53.3 Å². The summed E-state index contributed by atoms with van der Waals surface area (Å²) in [5.41, 5.74) is 0.342. The molecule has 2 aliphatic rings. The van der Waals surface area contributed by atoms with Crippen LogP contribution >= 0.6 is 11.3 Å². The van der Waals surface area contributed by atoms with Gasteiger partial charge in [-0.3, -0.25) is 24.1 Å². The molecule has 51 heavy (non-hydrogen) atoms. The molecule has 0 radical (unpaired) electrons. The van der Waals surface area contributed by atoms with Crippen LogP contribution in [0.15, 0.2) is 47.4 Å². The van der Waals surface area contributed by atoms with Gasteiger partial charge >= 0.3 is 11.9 Å². The van der Waals surface area contributed by atoms with Gasteiger partial charge in [0.15, 0.2) is 6.10 Å². The van der Waals surface area contributed by atoms with E-state index in [1.54, 1.807) is 23.4 Å². The molecule has 1 aromatic carbocycles. The van der Waals surface area contributed by atoms with Gasteiger partial charge in [0, 0.05) is 43.3 Å². The number of carboxylic acid groups (broad SMARTS) is 1. The number of carbonyl (C=O) groups is 5. The quantitative estimate of drug-likeness (QED) is 0.171. The number of piperidine rings is 1. The number of ether oxygens (including phenoxy) is 1. The van der Waals surface area contributed by atoms with Crippen molar-refractivity contribution in [3.8, 4) is 0 Å². The normalized spacial score (nSPS) is 22.5. The lowest BCUT2D eigenvalue weighted by atomic mass is 9.94. The highest BCUT2D eigenvalue weighted by molar-refractivity contribution is 7.09. The molecule has 6 atom stereocenters. The number of benzene rings is 1. The van der Waals surface area contributed by atoms with E-state index in [4.69, 9.17) is 4.74 Å². The van der Waals surface area contributed by atoms with Crippen molar-refractivity contribution in [3.05, 3.63) is 63.6 Å². The monoisotopic (exact) mass is 723 g/mol. The van der Waals surface area contributed by atoms with Crippen molar-refractivity contribution in [2.24, 2.45) is 11.8 Å². The van der Waals surface area contributed by atoms with Crippen LogP contribution < -0.4 is 10.6 Å². The van der Waals surface area contributed by atoms with Gasteiger partial charge in [-0.15, -0.1) is 11.3 Å². The number of hydrogen-bond donors (Lipinski definition) is 3. The van der Waals surface area contributed by atoms with Crippen molar-refractivity contribution in [3.63, 3.8) is 0 Å². The Hall–Kier alpha value is -4.10. The van der Waals surface area contributed by atoms with Crippen molar-refractivity contribution in [1.82, 2.24) is 25.4 Å². The molecule has 12 nitrogen and oxygen atoms in total. The molecule has 3 amide bonds. The fourth-order valence-corrected chi connectivity index (χ4v) is 7.86. The van der Waals surface area contributed by atoms with Gasteiger partial charge in [0.05, 0.1) is 11.6 Å². The third-order valence-electron chi connectivity index (χ3n) is 10.1. The van der Waals surface area contributed by atoms with Gasteiger partial charge < -0.3 is 25.4 Å². The van der Waals surface area contributed by atoms with Crippen LogP contribution in [0.1, 0.15) is 107 Å². The molecular weight excluding hydrogens is 671 g/mol. The lowest BCUT2D eigenvalue weighted by molar-refractivity contribution is -0.149. The predicted molar refractivity (Wildman–Crippen MR) is 195 cm³/mol. The number of hydrogen-bond acceptors (Lipinski definition) is 9. The van der Waals surface area contributed by atoms with E-state index in [1.807, 2.05) is 70.0 Å². The maximum absolute atomic E-state index is 14.0. The Labute approximate surface area is 305 Å². The van der Waals surface area contributed by atoms with Gasteiger partial charge in [0.2, 0.25) is 11.8 Å². The first kappa shape index (κ1) is 39.7. The number of nitrogens with zero attached hydrogens (tertiary/aromatic N) is 3. The Morgan fingerprint density at radius 1 is 1.10 bits per heavy atom. The maximum atomic E-state index is 14.0. The molecule has 1 saturated carbocycles. The summed E-state index contributed by atoms with van der Waals surface area (Å²) in [6.07, 6.45) is 4.26. The van der Waals surface area contributed by atoms with Gasteiger partial charge in [-0.1, -0.05) is 64.4 Å². The van der Waals surface area contributed by atoms with E-state index in [0.29, 0.717) is 11.4 Å². The number of nitrogens with one attached hydrogen (secondary N) is 2. The number of rotatable bonds is 15. The topological polar surface area (TPSA) is 158 Å². The minimum Gasteiger partial charge on any atom is -0.478 e. The number of carboxylic acids is 1. The van der Waals surface area contributed by atoms with Crippen LogP contribution in [0.25, 0.3) is 0 Å². The first-order valence-electron chi connectivity index (χ1n) is 17.7. The van der Waals surface area contributed by atoms with Gasteiger partial charge in [0.25, 0.3) is 5.91 Å². The standard InChI is InChI=1S/C38H53N5O7S/c1-22(2)30(43(8)36(47)32(23(3)4)40-34(46)29-16-12-13-17-42(29)7)18-31(50-25(6)44)35-39-28(21-51-35)33(45)41-38(19-24(5)37(48)49)20-27(38)26-14-10-9-11-15-26/h9-11,14-15,19,21-23,27,29-32H,12-13,16-18,20H2,1-8H3,(H,40,46)(H,41,45)(H,48,49)/b24-19+/t27-,29+,30+,31-,32-,38?/m0/s1. The zero-order valence-electron chi connectivity index (χ0n) is 31.0. The van der Waals surface area contributed by atoms with Crippen LogP contribution in [-0.4, -0.2) is 93.9 Å². The Morgan fingerprint density at radius 3 is 2.37 bits per heavy atom. The maximum Gasteiger partial charge on any atom is 0.331 e. The van der Waals surface area contributed by atoms with Gasteiger partial charge in [0.1, 0.15) is 16.7 Å². The molecule has 1 aromatic heterocycles. The summed E-state index contributed by atoms with van der Waals surface area (Å²) >= 11 is 1.18. The fourth-order valence-electron chi connectivity index (χ4n) is 7.03. The fraction of sp³-hybridized carbons (Fsp3) is 0.579. The van der Waals surface area contributed by atoms with E-state index < -0.39 is 41.6 Å². The third kappa shape index (κ3) is 9.82. The molecule has 1 unspecified atom stereocenters. The molecule has 278 valence electrons. The number of thiazole rings is 1. The average molecular weight is 724 g/mol. The van der Waals surface area contributed by atoms with Crippen LogP contribution in [0.3, 0.4) is 0 Å². The van der Waals surface area contributed by atoms with Crippen molar-refractivity contribution in [2.45, 2.75) is 109 Å². The second-order valence-electron chi connectivity index (χ2n) is 14.7. The van der Waals surface area contributed by atoms with Gasteiger partial charge in [-0.25, -0.2) is 9.78 Å².